The maximum Gasteiger partial charge on any atom is 0.251 e. The Bertz CT molecular complexity index is 1090. The molecular formula is C27H32N4O2S. The van der Waals surface area contributed by atoms with E-state index in [1.54, 1.807) is 18.9 Å². The van der Waals surface area contributed by atoms with Crippen LogP contribution >= 0.6 is 11.8 Å². The largest absolute Gasteiger partial charge is 0.378 e. The fourth-order valence-electron chi connectivity index (χ4n) is 4.16. The molecule has 1 N–H and O–H groups in total. The summed E-state index contributed by atoms with van der Waals surface area (Å²) in [5.41, 5.74) is 3.69. The number of benzene rings is 2. The molecule has 1 fully saturated rings. The molecule has 0 radical (unpaired) electrons. The number of ether oxygens (including phenoxy) is 1. The second-order valence-electron chi connectivity index (χ2n) is 8.63. The lowest BCUT2D eigenvalue weighted by molar-refractivity contribution is 0.0951. The van der Waals surface area contributed by atoms with Crippen LogP contribution in [0, 0.1) is 0 Å². The standard InChI is InChI=1S/C27H32N4O2S/c1-20-9-6-7-14-31(20)25-16-24(18-33-2)29-27(30-25)34-19-22-12-8-13-23(15-22)26(32)28-17-21-10-4-3-5-11-21/h3-5,8,10-13,15-16,20H,6-7,9,14,17-19H2,1-2H3,(H,28,32)/t20-/m1/s1. The Balaban J connectivity index is 1.43. The maximum absolute atomic E-state index is 12.6. The van der Waals surface area contributed by atoms with Gasteiger partial charge in [-0.15, -0.1) is 0 Å². The summed E-state index contributed by atoms with van der Waals surface area (Å²) >= 11 is 1.59. The number of aromatic nitrogens is 2. The Labute approximate surface area is 206 Å². The number of amides is 1. The summed E-state index contributed by atoms with van der Waals surface area (Å²) in [5, 5.41) is 3.73. The van der Waals surface area contributed by atoms with E-state index < -0.39 is 0 Å². The molecule has 0 spiro atoms. The van der Waals surface area contributed by atoms with Crippen LogP contribution in [0.3, 0.4) is 0 Å². The molecule has 2 aromatic carbocycles. The molecular weight excluding hydrogens is 444 g/mol. The predicted molar refractivity (Wildman–Crippen MR) is 137 cm³/mol. The van der Waals surface area contributed by atoms with Gasteiger partial charge in [0.15, 0.2) is 5.16 Å². The first-order chi connectivity index (χ1) is 16.6. The second kappa shape index (κ2) is 12.0. The molecule has 1 saturated heterocycles. The monoisotopic (exact) mass is 476 g/mol. The van der Waals surface area contributed by atoms with E-state index in [-0.39, 0.29) is 5.91 Å². The number of carbonyl (C=O) groups is 1. The zero-order valence-corrected chi connectivity index (χ0v) is 20.7. The molecule has 34 heavy (non-hydrogen) atoms. The van der Waals surface area contributed by atoms with Crippen molar-refractivity contribution >= 4 is 23.5 Å². The average Bonchev–Trinajstić information content (AvgIpc) is 2.87. The van der Waals surface area contributed by atoms with Crippen LogP contribution in [-0.2, 0) is 23.6 Å². The number of nitrogens with one attached hydrogen (secondary N) is 1. The Hall–Kier alpha value is -2.90. The number of hydrogen-bond acceptors (Lipinski definition) is 6. The molecule has 0 saturated carbocycles. The fourth-order valence-corrected chi connectivity index (χ4v) is 4.98. The van der Waals surface area contributed by atoms with Crippen molar-refractivity contribution in [2.45, 2.75) is 56.3 Å². The van der Waals surface area contributed by atoms with Crippen molar-refractivity contribution in [2.75, 3.05) is 18.6 Å². The molecule has 1 amide bonds. The lowest BCUT2D eigenvalue weighted by Gasteiger charge is -2.34. The third kappa shape index (κ3) is 6.58. The van der Waals surface area contributed by atoms with Crippen molar-refractivity contribution in [3.05, 3.63) is 83.0 Å². The van der Waals surface area contributed by atoms with Gasteiger partial charge in [0.2, 0.25) is 0 Å². The molecule has 1 atom stereocenters. The highest BCUT2D eigenvalue weighted by atomic mass is 32.2. The quantitative estimate of drug-likeness (QED) is 0.337. The van der Waals surface area contributed by atoms with Gasteiger partial charge in [-0.05, 0) is 49.4 Å². The van der Waals surface area contributed by atoms with E-state index in [9.17, 15) is 4.79 Å². The van der Waals surface area contributed by atoms with E-state index in [1.807, 2.05) is 60.7 Å². The molecule has 0 aliphatic carbocycles. The predicted octanol–water partition coefficient (Wildman–Crippen LogP) is 5.22. The maximum atomic E-state index is 12.6. The van der Waals surface area contributed by atoms with E-state index >= 15 is 0 Å². The van der Waals surface area contributed by atoms with Gasteiger partial charge in [0, 0.05) is 43.6 Å². The second-order valence-corrected chi connectivity index (χ2v) is 9.57. The lowest BCUT2D eigenvalue weighted by atomic mass is 10.0. The third-order valence-corrected chi connectivity index (χ3v) is 6.91. The molecule has 3 aromatic rings. The minimum Gasteiger partial charge on any atom is -0.378 e. The van der Waals surface area contributed by atoms with Crippen LogP contribution in [0.2, 0.25) is 0 Å². The number of nitrogens with zero attached hydrogens (tertiary/aromatic N) is 3. The Morgan fingerprint density at radius 2 is 1.91 bits per heavy atom. The van der Waals surface area contributed by atoms with Gasteiger partial charge in [0.05, 0.1) is 12.3 Å². The molecule has 7 heteroatoms. The summed E-state index contributed by atoms with van der Waals surface area (Å²) < 4.78 is 5.35. The smallest absolute Gasteiger partial charge is 0.251 e. The summed E-state index contributed by atoms with van der Waals surface area (Å²) in [6, 6.07) is 20.2. The molecule has 178 valence electrons. The van der Waals surface area contributed by atoms with E-state index in [0.717, 1.165) is 34.3 Å². The Morgan fingerprint density at radius 1 is 1.09 bits per heavy atom. The van der Waals surface area contributed by atoms with Gasteiger partial charge in [0.25, 0.3) is 5.91 Å². The van der Waals surface area contributed by atoms with Crippen molar-refractivity contribution in [1.82, 2.24) is 15.3 Å². The van der Waals surface area contributed by atoms with Crippen molar-refractivity contribution in [3.63, 3.8) is 0 Å². The molecule has 1 aromatic heterocycles. The molecule has 1 aliphatic rings. The lowest BCUT2D eigenvalue weighted by Crippen LogP contribution is -2.38. The summed E-state index contributed by atoms with van der Waals surface area (Å²) in [5.74, 6) is 1.59. The van der Waals surface area contributed by atoms with Crippen LogP contribution in [0.5, 0.6) is 0 Å². The van der Waals surface area contributed by atoms with Crippen LogP contribution < -0.4 is 10.2 Å². The fraction of sp³-hybridized carbons (Fsp3) is 0.370. The zero-order chi connectivity index (χ0) is 23.8. The van der Waals surface area contributed by atoms with Crippen LogP contribution in [0.4, 0.5) is 5.82 Å². The van der Waals surface area contributed by atoms with Crippen LogP contribution in [0.1, 0.15) is 53.4 Å². The van der Waals surface area contributed by atoms with E-state index in [1.165, 1.54) is 19.3 Å². The molecule has 0 unspecified atom stereocenters. The van der Waals surface area contributed by atoms with Crippen LogP contribution in [0.15, 0.2) is 65.8 Å². The number of thioether (sulfide) groups is 1. The van der Waals surface area contributed by atoms with Gasteiger partial charge >= 0.3 is 0 Å². The van der Waals surface area contributed by atoms with Gasteiger partial charge in [0.1, 0.15) is 5.82 Å². The van der Waals surface area contributed by atoms with Crippen molar-refractivity contribution in [3.8, 4) is 0 Å². The number of hydrogen-bond donors (Lipinski definition) is 1. The number of carbonyl (C=O) groups excluding carboxylic acids is 1. The van der Waals surface area contributed by atoms with Crippen molar-refractivity contribution < 1.29 is 9.53 Å². The normalized spacial score (nSPS) is 15.8. The summed E-state index contributed by atoms with van der Waals surface area (Å²) in [6.07, 6.45) is 3.64. The molecule has 6 nitrogen and oxygen atoms in total. The van der Waals surface area contributed by atoms with E-state index in [4.69, 9.17) is 14.7 Å². The van der Waals surface area contributed by atoms with Gasteiger partial charge in [-0.3, -0.25) is 4.79 Å². The van der Waals surface area contributed by atoms with Gasteiger partial charge < -0.3 is 15.0 Å². The SMILES string of the molecule is COCc1cc(N2CCCC[C@H]2C)nc(SCc2cccc(C(=O)NCc3ccccc3)c2)n1. The molecule has 0 bridgehead atoms. The summed E-state index contributed by atoms with van der Waals surface area (Å²) in [4.78, 5) is 24.6. The van der Waals surface area contributed by atoms with Crippen LogP contribution in [0.25, 0.3) is 0 Å². The van der Waals surface area contributed by atoms with Gasteiger partial charge in [-0.1, -0.05) is 54.2 Å². The Kier molecular flexibility index (Phi) is 8.55. The Morgan fingerprint density at radius 3 is 2.71 bits per heavy atom. The minimum atomic E-state index is -0.0737. The molecule has 4 rings (SSSR count). The molecule has 2 heterocycles. The first kappa shape index (κ1) is 24.2. The highest BCUT2D eigenvalue weighted by molar-refractivity contribution is 7.98. The number of methoxy groups -OCH3 is 1. The number of rotatable bonds is 9. The highest BCUT2D eigenvalue weighted by Crippen LogP contribution is 2.27. The van der Waals surface area contributed by atoms with E-state index in [0.29, 0.717) is 30.5 Å². The van der Waals surface area contributed by atoms with Crippen LogP contribution in [-0.4, -0.2) is 35.6 Å². The summed E-state index contributed by atoms with van der Waals surface area (Å²) in [6.45, 7) is 4.26. The first-order valence-electron chi connectivity index (χ1n) is 11.8. The van der Waals surface area contributed by atoms with Crippen molar-refractivity contribution in [2.24, 2.45) is 0 Å². The van der Waals surface area contributed by atoms with Gasteiger partial charge in [-0.2, -0.15) is 0 Å². The highest BCUT2D eigenvalue weighted by Gasteiger charge is 2.21. The number of anilines is 1. The van der Waals surface area contributed by atoms with Gasteiger partial charge in [-0.25, -0.2) is 9.97 Å². The number of piperidine rings is 1. The van der Waals surface area contributed by atoms with Crippen molar-refractivity contribution in [1.29, 1.82) is 0 Å². The first-order valence-corrected chi connectivity index (χ1v) is 12.8. The molecule has 1 aliphatic heterocycles. The minimum absolute atomic E-state index is 0.0737. The van der Waals surface area contributed by atoms with E-state index in [2.05, 4.69) is 17.1 Å². The average molecular weight is 477 g/mol. The topological polar surface area (TPSA) is 67.3 Å². The zero-order valence-electron chi connectivity index (χ0n) is 19.9. The third-order valence-electron chi connectivity index (χ3n) is 5.99. The summed E-state index contributed by atoms with van der Waals surface area (Å²) in [7, 11) is 1.69.